The van der Waals surface area contributed by atoms with E-state index in [1.54, 1.807) is 0 Å². The zero-order valence-electron chi connectivity index (χ0n) is 8.63. The third-order valence-electron chi connectivity index (χ3n) is 2.16. The van der Waals surface area contributed by atoms with Crippen LogP contribution < -0.4 is 0 Å². The number of hydrogen-bond acceptors (Lipinski definition) is 2. The van der Waals surface area contributed by atoms with E-state index >= 15 is 0 Å². The first-order valence-corrected chi connectivity index (χ1v) is 5.47. The van der Waals surface area contributed by atoms with Crippen LogP contribution in [-0.2, 0) is 6.54 Å². The van der Waals surface area contributed by atoms with Gasteiger partial charge in [0, 0.05) is 17.6 Å². The lowest BCUT2D eigenvalue weighted by molar-refractivity contribution is 0.217. The molecule has 0 aliphatic heterocycles. The Labute approximate surface area is 93.7 Å². The van der Waals surface area contributed by atoms with Crippen molar-refractivity contribution < 1.29 is 5.11 Å². The molecule has 0 fully saturated rings. The Balaban J connectivity index is 2.63. The SMILES string of the molecule is Cc1cc(CN(C)CCO)ccc1Br. The van der Waals surface area contributed by atoms with E-state index in [4.69, 9.17) is 5.11 Å². The van der Waals surface area contributed by atoms with E-state index in [0.717, 1.165) is 17.6 Å². The van der Waals surface area contributed by atoms with Crippen LogP contribution in [0.5, 0.6) is 0 Å². The van der Waals surface area contributed by atoms with E-state index < -0.39 is 0 Å². The first kappa shape index (κ1) is 11.7. The fourth-order valence-electron chi connectivity index (χ4n) is 1.37. The second-order valence-electron chi connectivity index (χ2n) is 3.54. The summed E-state index contributed by atoms with van der Waals surface area (Å²) in [7, 11) is 2.01. The maximum Gasteiger partial charge on any atom is 0.0558 e. The van der Waals surface area contributed by atoms with Crippen LogP contribution >= 0.6 is 15.9 Å². The number of rotatable bonds is 4. The van der Waals surface area contributed by atoms with Gasteiger partial charge in [-0.05, 0) is 31.2 Å². The summed E-state index contributed by atoms with van der Waals surface area (Å²) in [5, 5.41) is 8.76. The van der Waals surface area contributed by atoms with Crippen molar-refractivity contribution in [3.05, 3.63) is 33.8 Å². The lowest BCUT2D eigenvalue weighted by Crippen LogP contribution is -2.21. The molecule has 0 spiro atoms. The molecule has 14 heavy (non-hydrogen) atoms. The van der Waals surface area contributed by atoms with Crippen molar-refractivity contribution in [3.8, 4) is 0 Å². The molecule has 1 aromatic rings. The quantitative estimate of drug-likeness (QED) is 0.894. The molecule has 0 bridgehead atoms. The van der Waals surface area contributed by atoms with Crippen molar-refractivity contribution in [1.82, 2.24) is 4.90 Å². The topological polar surface area (TPSA) is 23.5 Å². The predicted octanol–water partition coefficient (Wildman–Crippen LogP) is 2.18. The Kier molecular flexibility index (Phi) is 4.58. The average molecular weight is 258 g/mol. The summed E-state index contributed by atoms with van der Waals surface area (Å²) in [5.41, 5.74) is 2.53. The Hall–Kier alpha value is -0.380. The number of halogens is 1. The largest absolute Gasteiger partial charge is 0.395 e. The van der Waals surface area contributed by atoms with Gasteiger partial charge in [0.1, 0.15) is 0 Å². The Morgan fingerprint density at radius 1 is 1.43 bits per heavy atom. The molecule has 2 nitrogen and oxygen atoms in total. The van der Waals surface area contributed by atoms with Gasteiger partial charge < -0.3 is 5.11 Å². The third-order valence-corrected chi connectivity index (χ3v) is 3.05. The van der Waals surface area contributed by atoms with Crippen LogP contribution in [0.3, 0.4) is 0 Å². The van der Waals surface area contributed by atoms with Crippen LogP contribution in [0.1, 0.15) is 11.1 Å². The molecule has 0 aliphatic carbocycles. The molecule has 1 N–H and O–H groups in total. The van der Waals surface area contributed by atoms with Gasteiger partial charge in [0.2, 0.25) is 0 Å². The molecule has 0 aliphatic rings. The number of likely N-dealkylation sites (N-methyl/N-ethyl adjacent to an activating group) is 1. The number of benzene rings is 1. The standard InChI is InChI=1S/C11H16BrNO/c1-9-7-10(3-4-11(9)12)8-13(2)5-6-14/h3-4,7,14H,5-6,8H2,1-2H3. The van der Waals surface area contributed by atoms with E-state index in [1.165, 1.54) is 11.1 Å². The summed E-state index contributed by atoms with van der Waals surface area (Å²) in [4.78, 5) is 2.10. The molecule has 0 saturated heterocycles. The molecule has 0 atom stereocenters. The summed E-state index contributed by atoms with van der Waals surface area (Å²) in [5.74, 6) is 0. The number of aliphatic hydroxyl groups excluding tert-OH is 1. The minimum Gasteiger partial charge on any atom is -0.395 e. The smallest absolute Gasteiger partial charge is 0.0558 e. The highest BCUT2D eigenvalue weighted by atomic mass is 79.9. The molecule has 0 saturated carbocycles. The van der Waals surface area contributed by atoms with Gasteiger partial charge in [-0.2, -0.15) is 0 Å². The Morgan fingerprint density at radius 2 is 2.14 bits per heavy atom. The van der Waals surface area contributed by atoms with Crippen molar-refractivity contribution in [1.29, 1.82) is 0 Å². The zero-order chi connectivity index (χ0) is 10.6. The van der Waals surface area contributed by atoms with Gasteiger partial charge in [0.05, 0.1) is 6.61 Å². The molecule has 1 aromatic carbocycles. The van der Waals surface area contributed by atoms with Gasteiger partial charge in [-0.1, -0.05) is 28.1 Å². The maximum absolute atomic E-state index is 8.76. The Bertz CT molecular complexity index is 301. The molecule has 0 heterocycles. The van der Waals surface area contributed by atoms with Crippen LogP contribution in [0, 0.1) is 6.92 Å². The number of nitrogens with zero attached hydrogens (tertiary/aromatic N) is 1. The lowest BCUT2D eigenvalue weighted by atomic mass is 10.1. The third kappa shape index (κ3) is 3.40. The van der Waals surface area contributed by atoms with E-state index in [2.05, 4.69) is 46.0 Å². The minimum absolute atomic E-state index is 0.214. The summed E-state index contributed by atoms with van der Waals surface area (Å²) in [6, 6.07) is 6.33. The van der Waals surface area contributed by atoms with E-state index in [-0.39, 0.29) is 6.61 Å². The monoisotopic (exact) mass is 257 g/mol. The van der Waals surface area contributed by atoms with E-state index in [9.17, 15) is 0 Å². The van der Waals surface area contributed by atoms with Gasteiger partial charge in [0.25, 0.3) is 0 Å². The van der Waals surface area contributed by atoms with Gasteiger partial charge in [-0.25, -0.2) is 0 Å². The number of aryl methyl sites for hydroxylation is 1. The molecule has 1 rings (SSSR count). The van der Waals surface area contributed by atoms with Crippen molar-refractivity contribution in [3.63, 3.8) is 0 Å². The fourth-order valence-corrected chi connectivity index (χ4v) is 1.61. The molecule has 0 radical (unpaired) electrons. The maximum atomic E-state index is 8.76. The summed E-state index contributed by atoms with van der Waals surface area (Å²) < 4.78 is 1.14. The minimum atomic E-state index is 0.214. The molecule has 0 amide bonds. The van der Waals surface area contributed by atoms with Crippen molar-refractivity contribution in [2.75, 3.05) is 20.2 Å². The van der Waals surface area contributed by atoms with Crippen molar-refractivity contribution >= 4 is 15.9 Å². The molecule has 0 aromatic heterocycles. The first-order chi connectivity index (χ1) is 6.63. The van der Waals surface area contributed by atoms with Gasteiger partial charge >= 0.3 is 0 Å². The second-order valence-corrected chi connectivity index (χ2v) is 4.40. The summed E-state index contributed by atoms with van der Waals surface area (Å²) in [6.07, 6.45) is 0. The number of hydrogen-bond donors (Lipinski definition) is 1. The summed E-state index contributed by atoms with van der Waals surface area (Å²) in [6.45, 7) is 3.90. The lowest BCUT2D eigenvalue weighted by Gasteiger charge is -2.15. The van der Waals surface area contributed by atoms with Crippen molar-refractivity contribution in [2.45, 2.75) is 13.5 Å². The van der Waals surface area contributed by atoms with Crippen LogP contribution in [0.4, 0.5) is 0 Å². The highest BCUT2D eigenvalue weighted by Gasteiger charge is 2.01. The van der Waals surface area contributed by atoms with Crippen LogP contribution in [0.25, 0.3) is 0 Å². The van der Waals surface area contributed by atoms with Crippen LogP contribution in [0.15, 0.2) is 22.7 Å². The zero-order valence-corrected chi connectivity index (χ0v) is 10.2. The fraction of sp³-hybridized carbons (Fsp3) is 0.455. The predicted molar refractivity (Wildman–Crippen MR) is 62.3 cm³/mol. The molecule has 0 unspecified atom stereocenters. The van der Waals surface area contributed by atoms with Crippen LogP contribution in [-0.4, -0.2) is 30.2 Å². The van der Waals surface area contributed by atoms with Gasteiger partial charge in [-0.3, -0.25) is 4.90 Å². The van der Waals surface area contributed by atoms with Crippen LogP contribution in [0.2, 0.25) is 0 Å². The highest BCUT2D eigenvalue weighted by molar-refractivity contribution is 9.10. The second kappa shape index (κ2) is 5.49. The van der Waals surface area contributed by atoms with Crippen molar-refractivity contribution in [2.24, 2.45) is 0 Å². The molecular weight excluding hydrogens is 242 g/mol. The molecule has 3 heteroatoms. The highest BCUT2D eigenvalue weighted by Crippen LogP contribution is 2.17. The Morgan fingerprint density at radius 3 is 2.71 bits per heavy atom. The first-order valence-electron chi connectivity index (χ1n) is 4.68. The molecular formula is C11H16BrNO. The van der Waals surface area contributed by atoms with E-state index in [1.807, 2.05) is 7.05 Å². The normalized spacial score (nSPS) is 10.9. The average Bonchev–Trinajstić information content (AvgIpc) is 2.12. The number of aliphatic hydroxyl groups is 1. The molecule has 78 valence electrons. The van der Waals surface area contributed by atoms with Gasteiger partial charge in [0.15, 0.2) is 0 Å². The van der Waals surface area contributed by atoms with Gasteiger partial charge in [-0.15, -0.1) is 0 Å². The summed E-state index contributed by atoms with van der Waals surface area (Å²) >= 11 is 3.47. The van der Waals surface area contributed by atoms with E-state index in [0.29, 0.717) is 0 Å².